The number of amides is 1. The molecule has 1 amide bonds. The maximum atomic E-state index is 12.0. The van der Waals surface area contributed by atoms with Crippen LogP contribution in [-0.2, 0) is 0 Å². The third-order valence-electron chi connectivity index (χ3n) is 2.84. The maximum absolute atomic E-state index is 12.0. The molecule has 2 aromatic heterocycles. The van der Waals surface area contributed by atoms with Crippen LogP contribution in [0.2, 0.25) is 0 Å². The number of carbonyl (C=O) groups excluding carboxylic acids is 1. The molecule has 0 bridgehead atoms. The first-order valence-corrected chi connectivity index (χ1v) is 6.91. The number of anilines is 1. The van der Waals surface area contributed by atoms with Gasteiger partial charge < -0.3 is 16.2 Å². The fraction of sp³-hybridized carbons (Fsp3) is 0.385. The fourth-order valence-electron chi connectivity index (χ4n) is 2.01. The molecule has 0 aliphatic heterocycles. The van der Waals surface area contributed by atoms with Gasteiger partial charge in [0, 0.05) is 34.6 Å². The van der Waals surface area contributed by atoms with Gasteiger partial charge in [-0.2, -0.15) is 0 Å². The molecule has 0 fully saturated rings. The van der Waals surface area contributed by atoms with E-state index < -0.39 is 0 Å². The molecule has 2 aromatic rings. The molecule has 0 atom stereocenters. The number of fused-ring (bicyclic) bond motifs is 1. The van der Waals surface area contributed by atoms with Gasteiger partial charge in [-0.3, -0.25) is 9.78 Å². The molecular formula is C13H17N3O2S. The fourth-order valence-corrected chi connectivity index (χ4v) is 3.20. The summed E-state index contributed by atoms with van der Waals surface area (Å²) in [4.78, 5) is 16.9. The van der Waals surface area contributed by atoms with Crippen LogP contribution in [0.25, 0.3) is 10.1 Å². The molecule has 0 aliphatic rings. The highest BCUT2D eigenvalue weighted by atomic mass is 32.1. The summed E-state index contributed by atoms with van der Waals surface area (Å²) in [5.41, 5.74) is 8.31. The number of nitrogens with two attached hydrogens (primary N) is 1. The Morgan fingerprint density at radius 1 is 1.53 bits per heavy atom. The minimum Gasteiger partial charge on any atom is -0.397 e. The summed E-state index contributed by atoms with van der Waals surface area (Å²) in [6.45, 7) is 4.32. The van der Waals surface area contributed by atoms with Crippen LogP contribution in [0.1, 0.15) is 27.5 Å². The van der Waals surface area contributed by atoms with Crippen LogP contribution in [-0.4, -0.2) is 29.1 Å². The lowest BCUT2D eigenvalue weighted by atomic mass is 10.2. The van der Waals surface area contributed by atoms with Crippen LogP contribution in [0.4, 0.5) is 5.69 Å². The van der Waals surface area contributed by atoms with E-state index in [0.29, 0.717) is 23.5 Å². The Bertz CT molecular complexity index is 622. The van der Waals surface area contributed by atoms with Gasteiger partial charge in [0.1, 0.15) is 4.88 Å². The largest absolute Gasteiger partial charge is 0.397 e. The number of hydrogen-bond donors (Lipinski definition) is 3. The summed E-state index contributed by atoms with van der Waals surface area (Å²) in [5.74, 6) is -0.191. The molecule has 5 nitrogen and oxygen atoms in total. The Morgan fingerprint density at radius 3 is 2.95 bits per heavy atom. The number of aromatic nitrogens is 1. The summed E-state index contributed by atoms with van der Waals surface area (Å²) in [7, 11) is 0. The van der Waals surface area contributed by atoms with E-state index in [1.165, 1.54) is 11.3 Å². The van der Waals surface area contributed by atoms with Gasteiger partial charge in [-0.25, -0.2) is 0 Å². The summed E-state index contributed by atoms with van der Waals surface area (Å²) >= 11 is 1.38. The molecule has 0 aromatic carbocycles. The van der Waals surface area contributed by atoms with Crippen molar-refractivity contribution < 1.29 is 9.90 Å². The lowest BCUT2D eigenvalue weighted by Gasteiger charge is -2.03. The molecule has 6 heteroatoms. The van der Waals surface area contributed by atoms with E-state index in [9.17, 15) is 4.79 Å². The minimum atomic E-state index is -0.191. The zero-order valence-electron chi connectivity index (χ0n) is 11.0. The second-order valence-corrected chi connectivity index (χ2v) is 5.45. The van der Waals surface area contributed by atoms with E-state index in [0.717, 1.165) is 21.5 Å². The zero-order chi connectivity index (χ0) is 14.0. The first-order valence-electron chi connectivity index (χ1n) is 6.10. The molecule has 19 heavy (non-hydrogen) atoms. The lowest BCUT2D eigenvalue weighted by molar-refractivity contribution is 0.0956. The number of pyridine rings is 1. The van der Waals surface area contributed by atoms with Crippen molar-refractivity contribution in [2.75, 3.05) is 18.9 Å². The predicted octanol–water partition coefficient (Wildman–Crippen LogP) is 1.61. The third kappa shape index (κ3) is 2.69. The van der Waals surface area contributed by atoms with Crippen LogP contribution in [0, 0.1) is 13.8 Å². The van der Waals surface area contributed by atoms with Gasteiger partial charge in [0.2, 0.25) is 0 Å². The van der Waals surface area contributed by atoms with Crippen LogP contribution >= 0.6 is 11.3 Å². The first kappa shape index (κ1) is 13.8. The van der Waals surface area contributed by atoms with Gasteiger partial charge in [0.05, 0.1) is 5.69 Å². The molecule has 0 spiro atoms. The van der Waals surface area contributed by atoms with Crippen molar-refractivity contribution in [2.45, 2.75) is 20.3 Å². The summed E-state index contributed by atoms with van der Waals surface area (Å²) in [6.07, 6.45) is 0.538. The Morgan fingerprint density at radius 2 is 2.26 bits per heavy atom. The van der Waals surface area contributed by atoms with E-state index in [1.54, 1.807) is 0 Å². The highest BCUT2D eigenvalue weighted by Gasteiger charge is 2.18. The van der Waals surface area contributed by atoms with Crippen molar-refractivity contribution in [3.05, 3.63) is 22.3 Å². The SMILES string of the molecule is Cc1cc2sc(C(=O)NCCCO)c(N)c2c(C)n1. The predicted molar refractivity (Wildman–Crippen MR) is 77.5 cm³/mol. The van der Waals surface area contributed by atoms with Gasteiger partial charge in [-0.1, -0.05) is 0 Å². The monoisotopic (exact) mass is 279 g/mol. The average Bonchev–Trinajstić information content (AvgIpc) is 2.66. The number of aliphatic hydroxyl groups excluding tert-OH is 1. The maximum Gasteiger partial charge on any atom is 0.263 e. The van der Waals surface area contributed by atoms with E-state index in [-0.39, 0.29) is 12.5 Å². The second-order valence-electron chi connectivity index (χ2n) is 4.40. The normalized spacial score (nSPS) is 10.9. The van der Waals surface area contributed by atoms with Crippen LogP contribution < -0.4 is 11.1 Å². The average molecular weight is 279 g/mol. The summed E-state index contributed by atoms with van der Waals surface area (Å²) in [6, 6.07) is 1.94. The number of hydrogen-bond acceptors (Lipinski definition) is 5. The number of nitrogens with one attached hydrogen (secondary N) is 1. The number of carbonyl (C=O) groups is 1. The quantitative estimate of drug-likeness (QED) is 0.742. The van der Waals surface area contributed by atoms with E-state index in [2.05, 4.69) is 10.3 Å². The zero-order valence-corrected chi connectivity index (χ0v) is 11.8. The molecule has 0 saturated carbocycles. The third-order valence-corrected chi connectivity index (χ3v) is 4.00. The van der Waals surface area contributed by atoms with E-state index in [4.69, 9.17) is 10.8 Å². The van der Waals surface area contributed by atoms with E-state index >= 15 is 0 Å². The number of aliphatic hydroxyl groups is 1. The Kier molecular flexibility index (Phi) is 4.01. The van der Waals surface area contributed by atoms with Crippen LogP contribution in [0.3, 0.4) is 0 Å². The Hall–Kier alpha value is -1.66. The van der Waals surface area contributed by atoms with Crippen molar-refractivity contribution in [2.24, 2.45) is 0 Å². The van der Waals surface area contributed by atoms with Crippen molar-refractivity contribution in [3.8, 4) is 0 Å². The highest BCUT2D eigenvalue weighted by molar-refractivity contribution is 7.21. The van der Waals surface area contributed by atoms with Crippen LogP contribution in [0.15, 0.2) is 6.07 Å². The number of rotatable bonds is 4. The topological polar surface area (TPSA) is 88.2 Å². The Labute approximate surface area is 115 Å². The molecular weight excluding hydrogens is 262 g/mol. The molecule has 102 valence electrons. The smallest absolute Gasteiger partial charge is 0.263 e. The van der Waals surface area contributed by atoms with Gasteiger partial charge in [0.15, 0.2) is 0 Å². The van der Waals surface area contributed by atoms with Crippen molar-refractivity contribution in [1.82, 2.24) is 10.3 Å². The summed E-state index contributed by atoms with van der Waals surface area (Å²) in [5, 5.41) is 12.3. The van der Waals surface area contributed by atoms with Gasteiger partial charge in [0.25, 0.3) is 5.91 Å². The second kappa shape index (κ2) is 5.54. The molecule has 0 saturated heterocycles. The van der Waals surface area contributed by atoms with Gasteiger partial charge >= 0.3 is 0 Å². The number of aryl methyl sites for hydroxylation is 2. The van der Waals surface area contributed by atoms with E-state index in [1.807, 2.05) is 19.9 Å². The molecule has 4 N–H and O–H groups in total. The summed E-state index contributed by atoms with van der Waals surface area (Å²) < 4.78 is 0.981. The first-order chi connectivity index (χ1) is 9.04. The highest BCUT2D eigenvalue weighted by Crippen LogP contribution is 2.35. The molecule has 0 aliphatic carbocycles. The molecule has 0 radical (unpaired) electrons. The minimum absolute atomic E-state index is 0.0599. The van der Waals surface area contributed by atoms with Crippen molar-refractivity contribution >= 4 is 33.0 Å². The standard InChI is InChI=1S/C13H17N3O2S/c1-7-6-9-10(8(2)16-7)11(14)12(19-9)13(18)15-4-3-5-17/h6,17H,3-5,14H2,1-2H3,(H,15,18). The van der Waals surface area contributed by atoms with Gasteiger partial charge in [-0.15, -0.1) is 11.3 Å². The number of thiophene rings is 1. The molecule has 2 heterocycles. The van der Waals surface area contributed by atoms with Crippen molar-refractivity contribution in [1.29, 1.82) is 0 Å². The lowest BCUT2D eigenvalue weighted by Crippen LogP contribution is -2.24. The Balaban J connectivity index is 2.37. The molecule has 2 rings (SSSR count). The number of nitrogen functional groups attached to an aromatic ring is 1. The van der Waals surface area contributed by atoms with Crippen molar-refractivity contribution in [3.63, 3.8) is 0 Å². The number of nitrogens with zero attached hydrogens (tertiary/aromatic N) is 1. The van der Waals surface area contributed by atoms with Crippen LogP contribution in [0.5, 0.6) is 0 Å². The van der Waals surface area contributed by atoms with Gasteiger partial charge in [-0.05, 0) is 26.3 Å². The molecule has 0 unspecified atom stereocenters.